The maximum Gasteiger partial charge on any atom is 0.418 e. The molecule has 1 fully saturated rings. The maximum atomic E-state index is 13.1. The molecule has 5 heteroatoms. The number of alkyl halides is 3. The molecular formula is C18H24F3NO. The summed E-state index contributed by atoms with van der Waals surface area (Å²) < 4.78 is 39.4. The number of aldehydes is 1. The third-order valence-corrected chi connectivity index (χ3v) is 4.33. The molecule has 0 aromatic carbocycles. The Hall–Kier alpha value is -1.78. The van der Waals surface area contributed by atoms with Gasteiger partial charge in [-0.05, 0) is 30.8 Å². The van der Waals surface area contributed by atoms with Gasteiger partial charge in [-0.2, -0.15) is 13.2 Å². The quantitative estimate of drug-likeness (QED) is 0.402. The number of carbonyl (C=O) groups is 1. The average Bonchev–Trinajstić information content (AvgIpc) is 2.50. The predicted molar refractivity (Wildman–Crippen MR) is 86.5 cm³/mol. The first kappa shape index (κ1) is 19.3. The van der Waals surface area contributed by atoms with E-state index in [0.29, 0.717) is 17.7 Å². The first-order chi connectivity index (χ1) is 10.7. The summed E-state index contributed by atoms with van der Waals surface area (Å²) in [6, 6.07) is 0. The zero-order valence-corrected chi connectivity index (χ0v) is 13.5. The van der Waals surface area contributed by atoms with Gasteiger partial charge in [0, 0.05) is 17.0 Å². The third kappa shape index (κ3) is 5.73. The molecule has 1 rings (SSSR count). The minimum absolute atomic E-state index is 0.0656. The van der Waals surface area contributed by atoms with Gasteiger partial charge in [-0.25, -0.2) is 0 Å². The van der Waals surface area contributed by atoms with Gasteiger partial charge in [-0.15, -0.1) is 0 Å². The molecule has 0 amide bonds. The lowest BCUT2D eigenvalue weighted by molar-refractivity contribution is -0.104. The Morgan fingerprint density at radius 1 is 1.17 bits per heavy atom. The molecule has 0 aromatic rings. The summed E-state index contributed by atoms with van der Waals surface area (Å²) in [6.07, 6.45) is 2.00. The van der Waals surface area contributed by atoms with Gasteiger partial charge in [0.2, 0.25) is 0 Å². The van der Waals surface area contributed by atoms with Crippen LogP contribution in [0.5, 0.6) is 0 Å². The van der Waals surface area contributed by atoms with Gasteiger partial charge in [-0.1, -0.05) is 45.9 Å². The number of rotatable bonds is 7. The Bertz CT molecular complexity index is 511. The molecule has 1 unspecified atom stereocenters. The van der Waals surface area contributed by atoms with E-state index in [0.717, 1.165) is 25.7 Å². The van der Waals surface area contributed by atoms with E-state index in [1.807, 2.05) is 6.92 Å². The maximum absolute atomic E-state index is 13.1. The molecule has 0 saturated heterocycles. The minimum atomic E-state index is -4.62. The summed E-state index contributed by atoms with van der Waals surface area (Å²) in [4.78, 5) is 10.5. The highest BCUT2D eigenvalue weighted by Gasteiger charge is 2.36. The van der Waals surface area contributed by atoms with Crippen molar-refractivity contribution in [3.63, 3.8) is 0 Å². The molecule has 0 aliphatic heterocycles. The highest BCUT2D eigenvalue weighted by Crippen LogP contribution is 2.34. The van der Waals surface area contributed by atoms with E-state index in [-0.39, 0.29) is 23.5 Å². The molecule has 0 radical (unpaired) electrons. The monoisotopic (exact) mass is 327 g/mol. The molecule has 1 atom stereocenters. The zero-order chi connectivity index (χ0) is 17.6. The second-order valence-corrected chi connectivity index (χ2v) is 6.06. The van der Waals surface area contributed by atoms with Crippen LogP contribution >= 0.6 is 0 Å². The lowest BCUT2D eigenvalue weighted by Gasteiger charge is -2.30. The van der Waals surface area contributed by atoms with Crippen molar-refractivity contribution in [2.45, 2.75) is 45.2 Å². The number of nitrogens with one attached hydrogen (secondary N) is 1. The van der Waals surface area contributed by atoms with Gasteiger partial charge >= 0.3 is 6.18 Å². The van der Waals surface area contributed by atoms with Crippen LogP contribution < -0.4 is 5.32 Å². The van der Waals surface area contributed by atoms with Crippen LogP contribution in [0.25, 0.3) is 0 Å². The van der Waals surface area contributed by atoms with E-state index in [1.54, 1.807) is 0 Å². The smallest absolute Gasteiger partial charge is 0.359 e. The Labute approximate surface area is 135 Å². The fraction of sp³-hybridized carbons (Fsp3) is 0.500. The van der Waals surface area contributed by atoms with Crippen molar-refractivity contribution in [2.24, 2.45) is 11.8 Å². The fourth-order valence-electron chi connectivity index (χ4n) is 2.85. The van der Waals surface area contributed by atoms with E-state index in [9.17, 15) is 18.0 Å². The van der Waals surface area contributed by atoms with Gasteiger partial charge in [0.15, 0.2) is 0 Å². The van der Waals surface area contributed by atoms with Crippen molar-refractivity contribution in [1.82, 2.24) is 5.32 Å². The molecule has 2 nitrogen and oxygen atoms in total. The summed E-state index contributed by atoms with van der Waals surface area (Å²) in [5.74, 6) is 0.496. The van der Waals surface area contributed by atoms with Crippen LogP contribution in [0.4, 0.5) is 13.2 Å². The van der Waals surface area contributed by atoms with Crippen LogP contribution in [-0.2, 0) is 4.79 Å². The second kappa shape index (κ2) is 8.18. The molecule has 1 aliphatic rings. The number of hydrogen-bond acceptors (Lipinski definition) is 2. The number of hydrogen-bond donors (Lipinski definition) is 1. The van der Waals surface area contributed by atoms with Crippen molar-refractivity contribution in [3.05, 3.63) is 48.4 Å². The second-order valence-electron chi connectivity index (χ2n) is 6.06. The topological polar surface area (TPSA) is 29.1 Å². The van der Waals surface area contributed by atoms with Crippen LogP contribution in [0.2, 0.25) is 0 Å². The van der Waals surface area contributed by atoms with E-state index in [2.05, 4.69) is 25.1 Å². The summed E-state index contributed by atoms with van der Waals surface area (Å²) in [5, 5.41) is 2.68. The van der Waals surface area contributed by atoms with E-state index < -0.39 is 11.7 Å². The number of halogens is 3. The van der Waals surface area contributed by atoms with Crippen LogP contribution in [0.1, 0.15) is 39.0 Å². The van der Waals surface area contributed by atoms with E-state index in [4.69, 9.17) is 0 Å². The Morgan fingerprint density at radius 2 is 1.74 bits per heavy atom. The molecule has 1 aliphatic carbocycles. The first-order valence-electron chi connectivity index (χ1n) is 7.75. The first-order valence-corrected chi connectivity index (χ1v) is 7.75. The molecule has 0 aromatic heterocycles. The summed E-state index contributed by atoms with van der Waals surface area (Å²) >= 11 is 0. The highest BCUT2D eigenvalue weighted by molar-refractivity contribution is 5.77. The largest absolute Gasteiger partial charge is 0.418 e. The fourth-order valence-corrected chi connectivity index (χ4v) is 2.85. The van der Waals surface area contributed by atoms with Crippen molar-refractivity contribution in [2.75, 3.05) is 0 Å². The van der Waals surface area contributed by atoms with Gasteiger partial charge in [0.1, 0.15) is 6.29 Å². The van der Waals surface area contributed by atoms with Gasteiger partial charge < -0.3 is 5.32 Å². The van der Waals surface area contributed by atoms with Crippen LogP contribution in [0.3, 0.4) is 0 Å². The highest BCUT2D eigenvalue weighted by atomic mass is 19.4. The van der Waals surface area contributed by atoms with E-state index >= 15 is 0 Å². The molecule has 1 N–H and O–H groups in total. The predicted octanol–water partition coefficient (Wildman–Crippen LogP) is 5.06. The molecule has 23 heavy (non-hydrogen) atoms. The van der Waals surface area contributed by atoms with Gasteiger partial charge in [-0.3, -0.25) is 4.79 Å². The molecule has 1 saturated carbocycles. The summed E-state index contributed by atoms with van der Waals surface area (Å²) in [5.41, 5.74) is -1.06. The molecule has 0 spiro atoms. The van der Waals surface area contributed by atoms with Crippen molar-refractivity contribution in [3.8, 4) is 0 Å². The average molecular weight is 327 g/mol. The van der Waals surface area contributed by atoms with Crippen LogP contribution in [-0.4, -0.2) is 12.5 Å². The third-order valence-electron chi connectivity index (χ3n) is 4.33. The number of allylic oxidation sites excluding steroid dienone is 4. The SMILES string of the molecule is C=C(C=O)/C=C(\C(=C)NC(=C)C(C)C1CCCCC1)C(F)(F)F. The van der Waals surface area contributed by atoms with Gasteiger partial charge in [0.05, 0.1) is 5.57 Å². The van der Waals surface area contributed by atoms with Crippen LogP contribution in [0.15, 0.2) is 48.4 Å². The molecule has 0 bridgehead atoms. The Balaban J connectivity index is 2.81. The molecule has 128 valence electrons. The normalized spacial score (nSPS) is 18.2. The lowest BCUT2D eigenvalue weighted by Crippen LogP contribution is -2.28. The standard InChI is InChI=1S/C18H24F3NO/c1-12(11-23)10-17(18(19,20)21)15(4)22-14(3)13(2)16-8-6-5-7-9-16/h10-11,13,16,22H,1,3-9H2,2H3/b17-10+. The number of carbonyl (C=O) groups excluding carboxylic acids is 1. The zero-order valence-electron chi connectivity index (χ0n) is 13.5. The van der Waals surface area contributed by atoms with Gasteiger partial charge in [0.25, 0.3) is 0 Å². The Morgan fingerprint density at radius 3 is 2.22 bits per heavy atom. The van der Waals surface area contributed by atoms with E-state index in [1.165, 1.54) is 6.42 Å². The van der Waals surface area contributed by atoms with Crippen molar-refractivity contribution in [1.29, 1.82) is 0 Å². The van der Waals surface area contributed by atoms with Crippen molar-refractivity contribution < 1.29 is 18.0 Å². The summed E-state index contributed by atoms with van der Waals surface area (Å²) in [6.45, 7) is 12.6. The summed E-state index contributed by atoms with van der Waals surface area (Å²) in [7, 11) is 0. The molecule has 0 heterocycles. The van der Waals surface area contributed by atoms with Crippen LogP contribution in [0, 0.1) is 11.8 Å². The Kier molecular flexibility index (Phi) is 6.85. The molecular weight excluding hydrogens is 303 g/mol. The lowest BCUT2D eigenvalue weighted by atomic mass is 9.79. The minimum Gasteiger partial charge on any atom is -0.359 e. The van der Waals surface area contributed by atoms with Crippen molar-refractivity contribution >= 4 is 6.29 Å².